The summed E-state index contributed by atoms with van der Waals surface area (Å²) >= 11 is 0. The van der Waals surface area contributed by atoms with E-state index in [1.807, 2.05) is 47.4 Å². The molecule has 2 saturated heterocycles. The van der Waals surface area contributed by atoms with Crippen LogP contribution in [0.1, 0.15) is 32.6 Å². The second-order valence-corrected chi connectivity index (χ2v) is 9.49. The second kappa shape index (κ2) is 10.3. The SMILES string of the molecule is COC(=O)[C@H](CC(=O)N1CCC2(CCN(C(=O)Nc3cccc4ccccc34)CC2)C1)NC(C)=O. The molecule has 2 aromatic carbocycles. The molecule has 4 amide bonds. The van der Waals surface area contributed by atoms with Crippen molar-refractivity contribution in [2.45, 2.75) is 38.6 Å². The Bertz CT molecular complexity index is 1120. The molecule has 9 nitrogen and oxygen atoms in total. The van der Waals surface area contributed by atoms with Gasteiger partial charge in [0.15, 0.2) is 0 Å². The predicted octanol–water partition coefficient (Wildman–Crippen LogP) is 2.75. The van der Waals surface area contributed by atoms with Crippen molar-refractivity contribution >= 4 is 40.3 Å². The molecule has 1 atom stereocenters. The minimum absolute atomic E-state index is 0.0271. The summed E-state index contributed by atoms with van der Waals surface area (Å²) < 4.78 is 4.72. The molecule has 4 rings (SSSR count). The number of anilines is 1. The Morgan fingerprint density at radius 1 is 0.971 bits per heavy atom. The number of nitrogens with zero attached hydrogens (tertiary/aromatic N) is 2. The van der Waals surface area contributed by atoms with Crippen LogP contribution in [0.4, 0.5) is 10.5 Å². The Balaban J connectivity index is 1.32. The van der Waals surface area contributed by atoms with Crippen LogP contribution >= 0.6 is 0 Å². The quantitative estimate of drug-likeness (QED) is 0.640. The first-order chi connectivity index (χ1) is 16.8. The molecule has 0 aromatic heterocycles. The Labute approximate surface area is 204 Å². The number of urea groups is 1. The molecule has 186 valence electrons. The molecule has 0 radical (unpaired) electrons. The number of ether oxygens (including phenoxy) is 1. The zero-order valence-electron chi connectivity index (χ0n) is 20.2. The fraction of sp³-hybridized carbons (Fsp3) is 0.462. The lowest BCUT2D eigenvalue weighted by Crippen LogP contribution is -2.47. The minimum Gasteiger partial charge on any atom is -0.467 e. The van der Waals surface area contributed by atoms with Crippen molar-refractivity contribution in [3.8, 4) is 0 Å². The van der Waals surface area contributed by atoms with Crippen molar-refractivity contribution in [1.29, 1.82) is 0 Å². The van der Waals surface area contributed by atoms with E-state index in [0.717, 1.165) is 35.7 Å². The highest BCUT2D eigenvalue weighted by Crippen LogP contribution is 2.40. The number of fused-ring (bicyclic) bond motifs is 1. The van der Waals surface area contributed by atoms with Crippen LogP contribution in [0.25, 0.3) is 10.8 Å². The maximum Gasteiger partial charge on any atom is 0.328 e. The molecule has 2 fully saturated rings. The number of hydrogen-bond acceptors (Lipinski definition) is 5. The smallest absolute Gasteiger partial charge is 0.328 e. The molecular formula is C26H32N4O5. The van der Waals surface area contributed by atoms with Gasteiger partial charge in [0.1, 0.15) is 6.04 Å². The minimum atomic E-state index is -0.985. The molecule has 2 aliphatic heterocycles. The zero-order chi connectivity index (χ0) is 25.0. The van der Waals surface area contributed by atoms with Crippen molar-refractivity contribution in [2.24, 2.45) is 5.41 Å². The van der Waals surface area contributed by atoms with Crippen molar-refractivity contribution < 1.29 is 23.9 Å². The molecule has 9 heteroatoms. The number of carbonyl (C=O) groups is 4. The van der Waals surface area contributed by atoms with Gasteiger partial charge in [0.2, 0.25) is 11.8 Å². The van der Waals surface area contributed by atoms with E-state index in [0.29, 0.717) is 26.2 Å². The summed E-state index contributed by atoms with van der Waals surface area (Å²) in [5.74, 6) is -1.20. The van der Waals surface area contributed by atoms with Gasteiger partial charge < -0.3 is 25.2 Å². The van der Waals surface area contributed by atoms with Crippen LogP contribution in [-0.4, -0.2) is 72.9 Å². The van der Waals surface area contributed by atoms with E-state index in [1.54, 1.807) is 4.90 Å². The van der Waals surface area contributed by atoms with E-state index in [1.165, 1.54) is 14.0 Å². The molecule has 0 saturated carbocycles. The molecule has 2 N–H and O–H groups in total. The summed E-state index contributed by atoms with van der Waals surface area (Å²) in [4.78, 5) is 52.8. The summed E-state index contributed by atoms with van der Waals surface area (Å²) in [5, 5.41) is 7.63. The first-order valence-corrected chi connectivity index (χ1v) is 12.0. The number of hydrogen-bond donors (Lipinski definition) is 2. The lowest BCUT2D eigenvalue weighted by Gasteiger charge is -2.39. The van der Waals surface area contributed by atoms with Gasteiger partial charge in [0.05, 0.1) is 19.2 Å². The Morgan fingerprint density at radius 3 is 2.31 bits per heavy atom. The number of methoxy groups -OCH3 is 1. The van der Waals surface area contributed by atoms with Crippen LogP contribution < -0.4 is 10.6 Å². The van der Waals surface area contributed by atoms with Crippen molar-refractivity contribution in [3.05, 3.63) is 42.5 Å². The molecule has 0 bridgehead atoms. The van der Waals surface area contributed by atoms with Crippen LogP contribution in [0, 0.1) is 5.41 Å². The molecule has 2 heterocycles. The number of likely N-dealkylation sites (tertiary alicyclic amines) is 2. The van der Waals surface area contributed by atoms with Crippen LogP contribution in [0.15, 0.2) is 42.5 Å². The Kier molecular flexibility index (Phi) is 7.23. The van der Waals surface area contributed by atoms with Gasteiger partial charge in [-0.3, -0.25) is 9.59 Å². The first-order valence-electron chi connectivity index (χ1n) is 12.0. The summed E-state index contributed by atoms with van der Waals surface area (Å²) in [5.41, 5.74) is 0.769. The summed E-state index contributed by atoms with van der Waals surface area (Å²) in [6, 6.07) is 12.7. The molecule has 0 unspecified atom stereocenters. The maximum atomic E-state index is 13.0. The average molecular weight is 481 g/mol. The topological polar surface area (TPSA) is 108 Å². The van der Waals surface area contributed by atoms with E-state index in [4.69, 9.17) is 4.74 Å². The van der Waals surface area contributed by atoms with Gasteiger partial charge in [-0.1, -0.05) is 36.4 Å². The normalized spacial score (nSPS) is 17.8. The van der Waals surface area contributed by atoms with Gasteiger partial charge in [-0.25, -0.2) is 9.59 Å². The number of piperidine rings is 1. The largest absolute Gasteiger partial charge is 0.467 e. The molecule has 1 spiro atoms. The van der Waals surface area contributed by atoms with E-state index in [-0.39, 0.29) is 29.7 Å². The number of benzene rings is 2. The van der Waals surface area contributed by atoms with E-state index < -0.39 is 12.0 Å². The molecule has 0 aliphatic carbocycles. The van der Waals surface area contributed by atoms with Crippen molar-refractivity contribution in [1.82, 2.24) is 15.1 Å². The van der Waals surface area contributed by atoms with Gasteiger partial charge in [-0.15, -0.1) is 0 Å². The van der Waals surface area contributed by atoms with E-state index >= 15 is 0 Å². The third-order valence-corrected chi connectivity index (χ3v) is 7.18. The van der Waals surface area contributed by atoms with Crippen LogP contribution in [0.2, 0.25) is 0 Å². The van der Waals surface area contributed by atoms with Gasteiger partial charge in [-0.2, -0.15) is 0 Å². The maximum absolute atomic E-state index is 13.0. The van der Waals surface area contributed by atoms with Gasteiger partial charge in [0, 0.05) is 38.5 Å². The van der Waals surface area contributed by atoms with Gasteiger partial charge >= 0.3 is 12.0 Å². The highest BCUT2D eigenvalue weighted by atomic mass is 16.5. The summed E-state index contributed by atoms with van der Waals surface area (Å²) in [7, 11) is 1.23. The number of amides is 4. The summed E-state index contributed by atoms with van der Waals surface area (Å²) in [6.07, 6.45) is 2.36. The lowest BCUT2D eigenvalue weighted by molar-refractivity contribution is -0.147. The third kappa shape index (κ3) is 5.55. The van der Waals surface area contributed by atoms with Crippen LogP contribution in [-0.2, 0) is 19.1 Å². The molecule has 2 aliphatic rings. The van der Waals surface area contributed by atoms with Crippen LogP contribution in [0.3, 0.4) is 0 Å². The zero-order valence-corrected chi connectivity index (χ0v) is 20.2. The highest BCUT2D eigenvalue weighted by Gasteiger charge is 2.43. The predicted molar refractivity (Wildman–Crippen MR) is 132 cm³/mol. The van der Waals surface area contributed by atoms with E-state index in [9.17, 15) is 19.2 Å². The van der Waals surface area contributed by atoms with Gasteiger partial charge in [0.25, 0.3) is 0 Å². The number of rotatable bonds is 5. The van der Waals surface area contributed by atoms with Crippen LogP contribution in [0.5, 0.6) is 0 Å². The second-order valence-electron chi connectivity index (χ2n) is 9.49. The summed E-state index contributed by atoms with van der Waals surface area (Å²) in [6.45, 7) is 3.74. The highest BCUT2D eigenvalue weighted by molar-refractivity contribution is 6.01. The third-order valence-electron chi connectivity index (χ3n) is 7.18. The fourth-order valence-corrected chi connectivity index (χ4v) is 5.15. The Morgan fingerprint density at radius 2 is 1.63 bits per heavy atom. The molecule has 35 heavy (non-hydrogen) atoms. The van der Waals surface area contributed by atoms with Crippen molar-refractivity contribution in [3.63, 3.8) is 0 Å². The Hall–Kier alpha value is -3.62. The fourth-order valence-electron chi connectivity index (χ4n) is 5.15. The first kappa shape index (κ1) is 24.5. The van der Waals surface area contributed by atoms with Crippen molar-refractivity contribution in [2.75, 3.05) is 38.6 Å². The number of carbonyl (C=O) groups excluding carboxylic acids is 4. The van der Waals surface area contributed by atoms with Gasteiger partial charge in [-0.05, 0) is 36.1 Å². The molecule has 2 aromatic rings. The number of nitrogens with one attached hydrogen (secondary N) is 2. The average Bonchev–Trinajstić information content (AvgIpc) is 3.27. The van der Waals surface area contributed by atoms with E-state index in [2.05, 4.69) is 10.6 Å². The standard InChI is InChI=1S/C26H32N4O5/c1-18(31)27-22(24(33)35-2)16-23(32)30-15-12-26(17-30)10-13-29(14-11-26)25(34)28-21-9-5-7-19-6-3-4-8-20(19)21/h3-9,22H,10-17H2,1-2H3,(H,27,31)(H,28,34)/t22-/m0/s1. The lowest BCUT2D eigenvalue weighted by atomic mass is 9.78. The number of esters is 1. The monoisotopic (exact) mass is 480 g/mol. The molecular weight excluding hydrogens is 448 g/mol.